The van der Waals surface area contributed by atoms with Gasteiger partial charge in [-0.05, 0) is 11.6 Å². The number of anilines is 1. The first-order chi connectivity index (χ1) is 8.19. The fourth-order valence-corrected chi connectivity index (χ4v) is 2.21. The maximum absolute atomic E-state index is 10.7. The SMILES string of the molecule is CNc1cc(CSCCOC)ccc1[N+](=O)[O-]. The van der Waals surface area contributed by atoms with Gasteiger partial charge in [0, 0.05) is 31.7 Å². The van der Waals surface area contributed by atoms with Crippen LogP contribution in [0.15, 0.2) is 18.2 Å². The van der Waals surface area contributed by atoms with Crippen LogP contribution in [0.25, 0.3) is 0 Å². The molecular weight excluding hydrogens is 240 g/mol. The molecule has 0 heterocycles. The highest BCUT2D eigenvalue weighted by molar-refractivity contribution is 7.98. The third kappa shape index (κ3) is 4.24. The van der Waals surface area contributed by atoms with Gasteiger partial charge in [0.1, 0.15) is 5.69 Å². The number of thioether (sulfide) groups is 1. The van der Waals surface area contributed by atoms with Crippen molar-refractivity contribution in [3.63, 3.8) is 0 Å². The Morgan fingerprint density at radius 2 is 2.29 bits per heavy atom. The molecule has 17 heavy (non-hydrogen) atoms. The molecule has 0 amide bonds. The molecular formula is C11H16N2O3S. The van der Waals surface area contributed by atoms with E-state index in [1.807, 2.05) is 6.07 Å². The van der Waals surface area contributed by atoms with Crippen LogP contribution in [0.4, 0.5) is 11.4 Å². The molecule has 0 aliphatic rings. The second-order valence-corrected chi connectivity index (χ2v) is 4.51. The molecule has 94 valence electrons. The van der Waals surface area contributed by atoms with Crippen molar-refractivity contribution in [1.82, 2.24) is 0 Å². The Labute approximate surface area is 105 Å². The summed E-state index contributed by atoms with van der Waals surface area (Å²) < 4.78 is 4.95. The molecule has 0 aliphatic heterocycles. The molecule has 0 fully saturated rings. The summed E-state index contributed by atoms with van der Waals surface area (Å²) in [6.07, 6.45) is 0. The van der Waals surface area contributed by atoms with Crippen LogP contribution in [-0.4, -0.2) is 31.4 Å². The molecule has 0 saturated carbocycles. The Bertz CT molecular complexity index is 385. The molecule has 0 spiro atoms. The Balaban J connectivity index is 2.66. The van der Waals surface area contributed by atoms with Crippen molar-refractivity contribution >= 4 is 23.1 Å². The predicted octanol–water partition coefficient (Wildman–Crippen LogP) is 2.52. The average Bonchev–Trinajstić information content (AvgIpc) is 2.34. The van der Waals surface area contributed by atoms with Crippen LogP contribution < -0.4 is 5.32 Å². The lowest BCUT2D eigenvalue weighted by Crippen LogP contribution is -1.98. The summed E-state index contributed by atoms with van der Waals surface area (Å²) in [5.41, 5.74) is 1.74. The lowest BCUT2D eigenvalue weighted by Gasteiger charge is -2.06. The summed E-state index contributed by atoms with van der Waals surface area (Å²) in [5, 5.41) is 13.6. The van der Waals surface area contributed by atoms with Crippen LogP contribution in [0.2, 0.25) is 0 Å². The van der Waals surface area contributed by atoms with E-state index in [9.17, 15) is 10.1 Å². The number of nitro benzene ring substituents is 1. The molecule has 1 rings (SSSR count). The normalized spacial score (nSPS) is 10.2. The van der Waals surface area contributed by atoms with Gasteiger partial charge in [0.2, 0.25) is 0 Å². The Morgan fingerprint density at radius 1 is 1.53 bits per heavy atom. The Hall–Kier alpha value is -1.27. The minimum Gasteiger partial charge on any atom is -0.384 e. The minimum atomic E-state index is -0.381. The van der Waals surface area contributed by atoms with Gasteiger partial charge in [-0.3, -0.25) is 10.1 Å². The number of benzene rings is 1. The zero-order chi connectivity index (χ0) is 12.7. The van der Waals surface area contributed by atoms with Crippen LogP contribution in [0.3, 0.4) is 0 Å². The van der Waals surface area contributed by atoms with Crippen molar-refractivity contribution in [3.05, 3.63) is 33.9 Å². The topological polar surface area (TPSA) is 64.4 Å². The molecule has 1 N–H and O–H groups in total. The van der Waals surface area contributed by atoms with Gasteiger partial charge < -0.3 is 10.1 Å². The number of nitrogens with one attached hydrogen (secondary N) is 1. The number of hydrogen-bond acceptors (Lipinski definition) is 5. The molecule has 6 heteroatoms. The standard InChI is InChI=1S/C11H16N2O3S/c1-12-10-7-9(8-17-6-5-16-2)3-4-11(10)13(14)15/h3-4,7,12H,5-6,8H2,1-2H3. The summed E-state index contributed by atoms with van der Waals surface area (Å²) >= 11 is 1.74. The molecule has 0 unspecified atom stereocenters. The largest absolute Gasteiger partial charge is 0.384 e. The van der Waals surface area contributed by atoms with E-state index >= 15 is 0 Å². The van der Waals surface area contributed by atoms with Gasteiger partial charge >= 0.3 is 0 Å². The Kier molecular flexibility index (Phi) is 5.79. The van der Waals surface area contributed by atoms with E-state index in [1.54, 1.807) is 32.0 Å². The first-order valence-corrected chi connectivity index (χ1v) is 6.36. The number of hydrogen-bond donors (Lipinski definition) is 1. The summed E-state index contributed by atoms with van der Waals surface area (Å²) in [6, 6.07) is 5.15. The van der Waals surface area contributed by atoms with Gasteiger partial charge in [0.05, 0.1) is 11.5 Å². The molecule has 5 nitrogen and oxygen atoms in total. The van der Waals surface area contributed by atoms with Crippen molar-refractivity contribution in [2.45, 2.75) is 5.75 Å². The van der Waals surface area contributed by atoms with E-state index in [2.05, 4.69) is 5.32 Å². The van der Waals surface area contributed by atoms with E-state index in [-0.39, 0.29) is 10.6 Å². The minimum absolute atomic E-state index is 0.109. The maximum atomic E-state index is 10.7. The third-order valence-corrected chi connectivity index (χ3v) is 3.22. The summed E-state index contributed by atoms with van der Waals surface area (Å²) in [7, 11) is 3.36. The van der Waals surface area contributed by atoms with Crippen molar-refractivity contribution < 1.29 is 9.66 Å². The number of nitro groups is 1. The lowest BCUT2D eigenvalue weighted by molar-refractivity contribution is -0.383. The highest BCUT2D eigenvalue weighted by atomic mass is 32.2. The molecule has 0 atom stereocenters. The van der Waals surface area contributed by atoms with Crippen LogP contribution in [0.1, 0.15) is 5.56 Å². The quantitative estimate of drug-likeness (QED) is 0.461. The van der Waals surface area contributed by atoms with E-state index in [4.69, 9.17) is 4.74 Å². The second kappa shape index (κ2) is 7.13. The summed E-state index contributed by atoms with van der Waals surface area (Å²) in [5.74, 6) is 1.75. The zero-order valence-electron chi connectivity index (χ0n) is 9.93. The molecule has 0 saturated heterocycles. The van der Waals surface area contributed by atoms with Gasteiger partial charge in [0.15, 0.2) is 0 Å². The van der Waals surface area contributed by atoms with Crippen molar-refractivity contribution in [1.29, 1.82) is 0 Å². The molecule has 0 bridgehead atoms. The fraction of sp³-hybridized carbons (Fsp3) is 0.455. The molecule has 0 aromatic heterocycles. The van der Waals surface area contributed by atoms with Gasteiger partial charge in [0.25, 0.3) is 5.69 Å². The smallest absolute Gasteiger partial charge is 0.292 e. The van der Waals surface area contributed by atoms with Crippen molar-refractivity contribution in [3.8, 4) is 0 Å². The first kappa shape index (κ1) is 13.8. The van der Waals surface area contributed by atoms with E-state index in [0.29, 0.717) is 5.69 Å². The van der Waals surface area contributed by atoms with E-state index < -0.39 is 0 Å². The highest BCUT2D eigenvalue weighted by Gasteiger charge is 2.12. The summed E-state index contributed by atoms with van der Waals surface area (Å²) in [6.45, 7) is 0.719. The fourth-order valence-electron chi connectivity index (χ4n) is 1.36. The van der Waals surface area contributed by atoms with Crippen LogP contribution >= 0.6 is 11.8 Å². The Morgan fingerprint density at radius 3 is 2.88 bits per heavy atom. The molecule has 1 aromatic carbocycles. The zero-order valence-corrected chi connectivity index (χ0v) is 10.8. The van der Waals surface area contributed by atoms with Crippen molar-refractivity contribution in [2.75, 3.05) is 31.8 Å². The van der Waals surface area contributed by atoms with E-state index in [0.717, 1.165) is 23.7 Å². The molecule has 0 aliphatic carbocycles. The van der Waals surface area contributed by atoms with Gasteiger partial charge in [-0.1, -0.05) is 6.07 Å². The third-order valence-electron chi connectivity index (χ3n) is 2.23. The number of nitrogens with zero attached hydrogens (tertiary/aromatic N) is 1. The van der Waals surface area contributed by atoms with Crippen LogP contribution in [0, 0.1) is 10.1 Å². The van der Waals surface area contributed by atoms with Gasteiger partial charge in [-0.2, -0.15) is 11.8 Å². The van der Waals surface area contributed by atoms with Crippen LogP contribution in [0.5, 0.6) is 0 Å². The molecule has 1 aromatic rings. The second-order valence-electron chi connectivity index (χ2n) is 3.40. The predicted molar refractivity (Wildman–Crippen MR) is 70.7 cm³/mol. The average molecular weight is 256 g/mol. The van der Waals surface area contributed by atoms with Gasteiger partial charge in [-0.25, -0.2) is 0 Å². The summed E-state index contributed by atoms with van der Waals surface area (Å²) in [4.78, 5) is 10.4. The number of rotatable bonds is 7. The highest BCUT2D eigenvalue weighted by Crippen LogP contribution is 2.26. The number of methoxy groups -OCH3 is 1. The molecule has 0 radical (unpaired) electrons. The number of ether oxygens (including phenoxy) is 1. The van der Waals surface area contributed by atoms with Gasteiger partial charge in [-0.15, -0.1) is 0 Å². The lowest BCUT2D eigenvalue weighted by atomic mass is 10.2. The van der Waals surface area contributed by atoms with Crippen LogP contribution in [-0.2, 0) is 10.5 Å². The van der Waals surface area contributed by atoms with E-state index in [1.165, 1.54) is 6.07 Å². The first-order valence-electron chi connectivity index (χ1n) is 5.20. The monoisotopic (exact) mass is 256 g/mol. The van der Waals surface area contributed by atoms with Crippen molar-refractivity contribution in [2.24, 2.45) is 0 Å². The maximum Gasteiger partial charge on any atom is 0.292 e.